The van der Waals surface area contributed by atoms with E-state index in [1.165, 1.54) is 5.56 Å². The SMILES string of the molecule is Cc1ccc(-c2ccc(=O)n(CC3CCNCC3)n2)cc1. The summed E-state index contributed by atoms with van der Waals surface area (Å²) in [6.45, 7) is 4.86. The number of hydrogen-bond donors (Lipinski definition) is 1. The topological polar surface area (TPSA) is 46.9 Å². The lowest BCUT2D eigenvalue weighted by atomic mass is 9.98. The summed E-state index contributed by atoms with van der Waals surface area (Å²) in [6.07, 6.45) is 2.23. The van der Waals surface area contributed by atoms with Crippen molar-refractivity contribution >= 4 is 0 Å². The highest BCUT2D eigenvalue weighted by Gasteiger charge is 2.15. The second-order valence-corrected chi connectivity index (χ2v) is 5.80. The zero-order chi connectivity index (χ0) is 14.7. The van der Waals surface area contributed by atoms with Gasteiger partial charge in [0.15, 0.2) is 0 Å². The van der Waals surface area contributed by atoms with Gasteiger partial charge in [-0.2, -0.15) is 5.10 Å². The van der Waals surface area contributed by atoms with Gasteiger partial charge in [-0.25, -0.2) is 4.68 Å². The van der Waals surface area contributed by atoms with Gasteiger partial charge in [-0.05, 0) is 44.8 Å². The third-order valence-electron chi connectivity index (χ3n) is 4.10. The molecule has 0 saturated carbocycles. The van der Waals surface area contributed by atoms with E-state index in [2.05, 4.69) is 41.6 Å². The van der Waals surface area contributed by atoms with Crippen molar-refractivity contribution in [3.63, 3.8) is 0 Å². The second kappa shape index (κ2) is 6.22. The van der Waals surface area contributed by atoms with Gasteiger partial charge < -0.3 is 5.32 Å². The zero-order valence-electron chi connectivity index (χ0n) is 12.4. The lowest BCUT2D eigenvalue weighted by Crippen LogP contribution is -2.33. The predicted octanol–water partition coefficient (Wildman–Crippen LogP) is 2.22. The zero-order valence-corrected chi connectivity index (χ0v) is 12.4. The molecule has 1 aromatic heterocycles. The van der Waals surface area contributed by atoms with Gasteiger partial charge in [-0.1, -0.05) is 29.8 Å². The summed E-state index contributed by atoms with van der Waals surface area (Å²) in [5.41, 5.74) is 3.13. The Labute approximate surface area is 124 Å². The first-order valence-electron chi connectivity index (χ1n) is 7.58. The van der Waals surface area contributed by atoms with E-state index in [0.29, 0.717) is 5.92 Å². The van der Waals surface area contributed by atoms with Crippen molar-refractivity contribution in [2.75, 3.05) is 13.1 Å². The van der Waals surface area contributed by atoms with Crippen molar-refractivity contribution in [1.82, 2.24) is 15.1 Å². The minimum atomic E-state index is -0.00982. The van der Waals surface area contributed by atoms with E-state index in [9.17, 15) is 4.79 Å². The highest BCUT2D eigenvalue weighted by atomic mass is 16.1. The molecule has 21 heavy (non-hydrogen) atoms. The smallest absolute Gasteiger partial charge is 0.266 e. The fourth-order valence-corrected chi connectivity index (χ4v) is 2.77. The van der Waals surface area contributed by atoms with Gasteiger partial charge in [-0.15, -0.1) is 0 Å². The van der Waals surface area contributed by atoms with Crippen LogP contribution >= 0.6 is 0 Å². The molecule has 3 rings (SSSR count). The van der Waals surface area contributed by atoms with Crippen molar-refractivity contribution < 1.29 is 0 Å². The van der Waals surface area contributed by atoms with Crippen molar-refractivity contribution in [1.29, 1.82) is 0 Å². The summed E-state index contributed by atoms with van der Waals surface area (Å²) in [5.74, 6) is 0.546. The van der Waals surface area contributed by atoms with Crippen LogP contribution in [-0.2, 0) is 6.54 Å². The van der Waals surface area contributed by atoms with Crippen molar-refractivity contribution in [2.45, 2.75) is 26.3 Å². The Morgan fingerprint density at radius 3 is 2.57 bits per heavy atom. The average molecular weight is 283 g/mol. The van der Waals surface area contributed by atoms with Crippen LogP contribution in [-0.4, -0.2) is 22.9 Å². The van der Waals surface area contributed by atoms with Crippen LogP contribution in [0.3, 0.4) is 0 Å². The molecule has 1 aliphatic rings. The molecule has 0 unspecified atom stereocenters. The van der Waals surface area contributed by atoms with Gasteiger partial charge >= 0.3 is 0 Å². The van der Waals surface area contributed by atoms with Crippen LogP contribution < -0.4 is 10.9 Å². The Morgan fingerprint density at radius 2 is 1.86 bits per heavy atom. The highest BCUT2D eigenvalue weighted by molar-refractivity contribution is 5.58. The van der Waals surface area contributed by atoms with Crippen molar-refractivity contribution in [3.8, 4) is 11.3 Å². The van der Waals surface area contributed by atoms with Crippen LogP contribution in [0.5, 0.6) is 0 Å². The van der Waals surface area contributed by atoms with E-state index in [0.717, 1.165) is 43.7 Å². The monoisotopic (exact) mass is 283 g/mol. The molecule has 4 nitrogen and oxygen atoms in total. The molecule has 0 spiro atoms. The number of hydrogen-bond acceptors (Lipinski definition) is 3. The number of benzene rings is 1. The van der Waals surface area contributed by atoms with Gasteiger partial charge in [0, 0.05) is 18.2 Å². The Hall–Kier alpha value is -1.94. The number of rotatable bonds is 3. The van der Waals surface area contributed by atoms with E-state index in [1.54, 1.807) is 10.7 Å². The number of nitrogens with zero attached hydrogens (tertiary/aromatic N) is 2. The number of aromatic nitrogens is 2. The number of piperidine rings is 1. The number of aryl methyl sites for hydroxylation is 1. The molecule has 1 aliphatic heterocycles. The average Bonchev–Trinajstić information content (AvgIpc) is 2.51. The normalized spacial score (nSPS) is 16.0. The van der Waals surface area contributed by atoms with E-state index in [-0.39, 0.29) is 5.56 Å². The largest absolute Gasteiger partial charge is 0.317 e. The van der Waals surface area contributed by atoms with E-state index < -0.39 is 0 Å². The lowest BCUT2D eigenvalue weighted by Gasteiger charge is -2.22. The predicted molar refractivity (Wildman–Crippen MR) is 84.3 cm³/mol. The molecule has 110 valence electrons. The maximum absolute atomic E-state index is 12.0. The van der Waals surface area contributed by atoms with E-state index >= 15 is 0 Å². The van der Waals surface area contributed by atoms with Crippen LogP contribution in [0.4, 0.5) is 0 Å². The first-order valence-corrected chi connectivity index (χ1v) is 7.58. The molecular weight excluding hydrogens is 262 g/mol. The summed E-state index contributed by atoms with van der Waals surface area (Å²) >= 11 is 0. The Kier molecular flexibility index (Phi) is 4.15. The highest BCUT2D eigenvalue weighted by Crippen LogP contribution is 2.17. The molecule has 0 bridgehead atoms. The summed E-state index contributed by atoms with van der Waals surface area (Å²) in [6, 6.07) is 11.7. The molecule has 1 saturated heterocycles. The van der Waals surface area contributed by atoms with Crippen LogP contribution in [0.1, 0.15) is 18.4 Å². The Bertz CT molecular complexity index is 654. The first-order chi connectivity index (χ1) is 10.2. The third kappa shape index (κ3) is 3.39. The van der Waals surface area contributed by atoms with Crippen LogP contribution in [0.2, 0.25) is 0 Å². The van der Waals surface area contributed by atoms with Crippen molar-refractivity contribution in [2.24, 2.45) is 5.92 Å². The summed E-state index contributed by atoms with van der Waals surface area (Å²) in [7, 11) is 0. The summed E-state index contributed by atoms with van der Waals surface area (Å²) < 4.78 is 1.63. The first kappa shape index (κ1) is 14.0. The van der Waals surface area contributed by atoms with Gasteiger partial charge in [0.05, 0.1) is 5.69 Å². The number of nitrogens with one attached hydrogen (secondary N) is 1. The molecule has 1 fully saturated rings. The summed E-state index contributed by atoms with van der Waals surface area (Å²) in [4.78, 5) is 12.0. The maximum Gasteiger partial charge on any atom is 0.266 e. The molecule has 2 heterocycles. The molecule has 0 aliphatic carbocycles. The maximum atomic E-state index is 12.0. The second-order valence-electron chi connectivity index (χ2n) is 5.80. The Balaban J connectivity index is 1.85. The minimum Gasteiger partial charge on any atom is -0.317 e. The van der Waals surface area contributed by atoms with Gasteiger partial charge in [0.1, 0.15) is 0 Å². The van der Waals surface area contributed by atoms with E-state index in [4.69, 9.17) is 0 Å². The standard InChI is InChI=1S/C17H21N3O/c1-13-2-4-15(5-3-13)16-6-7-17(21)20(19-16)12-14-8-10-18-11-9-14/h2-7,14,18H,8-12H2,1H3. The van der Waals surface area contributed by atoms with Gasteiger partial charge in [0.25, 0.3) is 5.56 Å². The summed E-state index contributed by atoms with van der Waals surface area (Å²) in [5, 5.41) is 7.90. The minimum absolute atomic E-state index is 0.00982. The third-order valence-corrected chi connectivity index (χ3v) is 4.10. The molecular formula is C17H21N3O. The van der Waals surface area contributed by atoms with Gasteiger partial charge in [-0.3, -0.25) is 4.79 Å². The molecule has 0 atom stereocenters. The fraction of sp³-hybridized carbons (Fsp3) is 0.412. The van der Waals surface area contributed by atoms with Crippen LogP contribution in [0, 0.1) is 12.8 Å². The fourth-order valence-electron chi connectivity index (χ4n) is 2.77. The van der Waals surface area contributed by atoms with Crippen LogP contribution in [0.15, 0.2) is 41.2 Å². The molecule has 0 radical (unpaired) electrons. The molecule has 1 N–H and O–H groups in total. The molecule has 2 aromatic rings. The van der Waals surface area contributed by atoms with Gasteiger partial charge in [0.2, 0.25) is 0 Å². The van der Waals surface area contributed by atoms with Crippen LogP contribution in [0.25, 0.3) is 11.3 Å². The molecule has 0 amide bonds. The molecule has 4 heteroatoms. The lowest BCUT2D eigenvalue weighted by molar-refractivity contribution is 0.315. The quantitative estimate of drug-likeness (QED) is 0.939. The van der Waals surface area contributed by atoms with E-state index in [1.807, 2.05) is 6.07 Å². The van der Waals surface area contributed by atoms with Crippen molar-refractivity contribution in [3.05, 3.63) is 52.3 Å². The Morgan fingerprint density at radius 1 is 1.14 bits per heavy atom. The molecule has 1 aromatic carbocycles.